The number of fused-ring (bicyclic) bond motifs is 4. The number of rotatable bonds is 6. The van der Waals surface area contributed by atoms with Crippen molar-refractivity contribution in [3.8, 4) is 17.2 Å². The standard InChI is InChI=1S/C26H21N5O4S/c1-16-6-2-4-8-19(16)30-24(33)18-7-3-5-9-20(18)31-25(30)28-29-26(31)36-14-23(32)27-13-17-10-11-21-22(12-17)35-15-34-21/h2-12H,13-15H2,1H3,(H,27,32). The molecule has 0 bridgehead atoms. The first-order valence-electron chi connectivity index (χ1n) is 11.3. The predicted molar refractivity (Wildman–Crippen MR) is 136 cm³/mol. The monoisotopic (exact) mass is 499 g/mol. The molecule has 1 aliphatic rings. The van der Waals surface area contributed by atoms with E-state index in [2.05, 4.69) is 15.5 Å². The molecule has 6 rings (SSSR count). The molecule has 180 valence electrons. The molecule has 0 radical (unpaired) electrons. The normalized spacial score (nSPS) is 12.4. The van der Waals surface area contributed by atoms with E-state index in [1.54, 1.807) is 10.6 Å². The molecule has 0 fully saturated rings. The number of aryl methyl sites for hydroxylation is 1. The van der Waals surface area contributed by atoms with Gasteiger partial charge in [0.05, 0.1) is 22.3 Å². The van der Waals surface area contributed by atoms with Gasteiger partial charge < -0.3 is 14.8 Å². The fourth-order valence-electron chi connectivity index (χ4n) is 4.24. The molecule has 0 saturated heterocycles. The van der Waals surface area contributed by atoms with Gasteiger partial charge >= 0.3 is 0 Å². The van der Waals surface area contributed by atoms with Crippen LogP contribution in [0.5, 0.6) is 11.5 Å². The number of carbonyl (C=O) groups excluding carboxylic acids is 1. The molecule has 1 aliphatic heterocycles. The lowest BCUT2D eigenvalue weighted by Gasteiger charge is -2.13. The van der Waals surface area contributed by atoms with Crippen LogP contribution in [0.1, 0.15) is 11.1 Å². The Labute approximate surface area is 209 Å². The quantitative estimate of drug-likeness (QED) is 0.357. The van der Waals surface area contributed by atoms with Gasteiger partial charge in [-0.25, -0.2) is 4.57 Å². The fraction of sp³-hybridized carbons (Fsp3) is 0.154. The summed E-state index contributed by atoms with van der Waals surface area (Å²) in [5.41, 5.74) is 3.12. The van der Waals surface area contributed by atoms with Gasteiger partial charge in [-0.3, -0.25) is 14.0 Å². The first-order chi connectivity index (χ1) is 17.6. The van der Waals surface area contributed by atoms with Crippen molar-refractivity contribution < 1.29 is 14.3 Å². The average Bonchev–Trinajstić information content (AvgIpc) is 3.54. The summed E-state index contributed by atoms with van der Waals surface area (Å²) in [6, 6.07) is 20.6. The van der Waals surface area contributed by atoms with Crippen molar-refractivity contribution in [1.29, 1.82) is 0 Å². The Balaban J connectivity index is 1.29. The van der Waals surface area contributed by atoms with E-state index in [-0.39, 0.29) is 24.0 Å². The number of amides is 1. The molecule has 3 aromatic carbocycles. The highest BCUT2D eigenvalue weighted by molar-refractivity contribution is 7.99. The van der Waals surface area contributed by atoms with Crippen LogP contribution in [0.15, 0.2) is 76.7 Å². The molecular formula is C26H21N5O4S. The smallest absolute Gasteiger partial charge is 0.267 e. The summed E-state index contributed by atoms with van der Waals surface area (Å²) < 4.78 is 14.1. The number of nitrogens with zero attached hydrogens (tertiary/aromatic N) is 4. The molecule has 2 aromatic heterocycles. The van der Waals surface area contributed by atoms with Crippen molar-refractivity contribution in [2.75, 3.05) is 12.5 Å². The van der Waals surface area contributed by atoms with E-state index >= 15 is 0 Å². The molecule has 0 unspecified atom stereocenters. The van der Waals surface area contributed by atoms with E-state index in [9.17, 15) is 9.59 Å². The van der Waals surface area contributed by atoms with Crippen LogP contribution in [0.3, 0.4) is 0 Å². The largest absolute Gasteiger partial charge is 0.454 e. The first kappa shape index (κ1) is 22.2. The topological polar surface area (TPSA) is 99.8 Å². The second-order valence-corrected chi connectivity index (χ2v) is 9.26. The van der Waals surface area contributed by atoms with Gasteiger partial charge in [0, 0.05) is 6.54 Å². The third-order valence-corrected chi connectivity index (χ3v) is 6.94. The Bertz CT molecular complexity index is 1690. The van der Waals surface area contributed by atoms with Gasteiger partial charge in [0.25, 0.3) is 5.56 Å². The summed E-state index contributed by atoms with van der Waals surface area (Å²) in [7, 11) is 0. The number of benzene rings is 3. The summed E-state index contributed by atoms with van der Waals surface area (Å²) in [5, 5.41) is 12.7. The van der Waals surface area contributed by atoms with Crippen molar-refractivity contribution in [3.63, 3.8) is 0 Å². The van der Waals surface area contributed by atoms with E-state index in [4.69, 9.17) is 9.47 Å². The first-order valence-corrected chi connectivity index (χ1v) is 12.3. The maximum atomic E-state index is 13.5. The number of aromatic nitrogens is 4. The predicted octanol–water partition coefficient (Wildman–Crippen LogP) is 3.48. The Hall–Kier alpha value is -4.31. The van der Waals surface area contributed by atoms with Crippen LogP contribution in [-0.4, -0.2) is 37.6 Å². The summed E-state index contributed by atoms with van der Waals surface area (Å²) >= 11 is 1.27. The van der Waals surface area contributed by atoms with Crippen LogP contribution >= 0.6 is 11.8 Å². The number of para-hydroxylation sites is 2. The van der Waals surface area contributed by atoms with E-state index < -0.39 is 0 Å². The van der Waals surface area contributed by atoms with Crippen molar-refractivity contribution in [2.45, 2.75) is 18.6 Å². The highest BCUT2D eigenvalue weighted by atomic mass is 32.2. The summed E-state index contributed by atoms with van der Waals surface area (Å²) in [5.74, 6) is 1.78. The summed E-state index contributed by atoms with van der Waals surface area (Å²) in [6.07, 6.45) is 0. The lowest BCUT2D eigenvalue weighted by Crippen LogP contribution is -2.25. The Morgan fingerprint density at radius 1 is 1.03 bits per heavy atom. The minimum Gasteiger partial charge on any atom is -0.454 e. The average molecular weight is 500 g/mol. The lowest BCUT2D eigenvalue weighted by atomic mass is 10.2. The van der Waals surface area contributed by atoms with Gasteiger partial charge in [-0.2, -0.15) is 0 Å². The molecule has 9 nitrogen and oxygen atoms in total. The summed E-state index contributed by atoms with van der Waals surface area (Å²) in [4.78, 5) is 26.1. The van der Waals surface area contributed by atoms with Crippen molar-refractivity contribution in [1.82, 2.24) is 24.5 Å². The number of thioether (sulfide) groups is 1. The Morgan fingerprint density at radius 3 is 2.72 bits per heavy atom. The van der Waals surface area contributed by atoms with Crippen LogP contribution in [0, 0.1) is 6.92 Å². The zero-order chi connectivity index (χ0) is 24.6. The van der Waals surface area contributed by atoms with E-state index in [0.29, 0.717) is 39.9 Å². The summed E-state index contributed by atoms with van der Waals surface area (Å²) in [6.45, 7) is 2.52. The third-order valence-electron chi connectivity index (χ3n) is 6.01. The zero-order valence-corrected chi connectivity index (χ0v) is 20.1. The molecule has 0 saturated carbocycles. The van der Waals surface area contributed by atoms with Gasteiger partial charge in [-0.15, -0.1) is 10.2 Å². The molecule has 3 heterocycles. The van der Waals surface area contributed by atoms with Crippen molar-refractivity contribution >= 4 is 34.3 Å². The van der Waals surface area contributed by atoms with E-state index in [0.717, 1.165) is 16.8 Å². The Kier molecular flexibility index (Phi) is 5.57. The van der Waals surface area contributed by atoms with Crippen molar-refractivity contribution in [3.05, 3.63) is 88.2 Å². The molecule has 1 amide bonds. The van der Waals surface area contributed by atoms with Crippen LogP contribution in [-0.2, 0) is 11.3 Å². The third kappa shape index (κ3) is 3.85. The zero-order valence-electron chi connectivity index (χ0n) is 19.3. The molecule has 0 atom stereocenters. The molecule has 5 aromatic rings. The SMILES string of the molecule is Cc1ccccc1-n1c(=O)c2ccccc2n2c(SCC(=O)NCc3ccc4c(c3)OCO4)nnc12. The van der Waals surface area contributed by atoms with Gasteiger partial charge in [0.2, 0.25) is 18.5 Å². The second-order valence-electron chi connectivity index (χ2n) is 8.32. The molecule has 10 heteroatoms. The maximum absolute atomic E-state index is 13.5. The van der Waals surface area contributed by atoms with Crippen LogP contribution < -0.4 is 20.3 Å². The fourth-order valence-corrected chi connectivity index (χ4v) is 5.01. The number of hydrogen-bond acceptors (Lipinski definition) is 7. The number of ether oxygens (including phenoxy) is 2. The van der Waals surface area contributed by atoms with E-state index in [1.165, 1.54) is 11.8 Å². The molecule has 1 N–H and O–H groups in total. The van der Waals surface area contributed by atoms with E-state index in [1.807, 2.05) is 72.0 Å². The van der Waals surface area contributed by atoms with Crippen molar-refractivity contribution in [2.24, 2.45) is 0 Å². The van der Waals surface area contributed by atoms with Crippen LogP contribution in [0.4, 0.5) is 0 Å². The molecule has 36 heavy (non-hydrogen) atoms. The van der Waals surface area contributed by atoms with Gasteiger partial charge in [-0.1, -0.05) is 48.2 Å². The van der Waals surface area contributed by atoms with Gasteiger partial charge in [0.1, 0.15) is 0 Å². The minimum absolute atomic E-state index is 0.142. The molecule has 0 aliphatic carbocycles. The van der Waals surface area contributed by atoms with Crippen LogP contribution in [0.2, 0.25) is 0 Å². The molecule has 0 spiro atoms. The van der Waals surface area contributed by atoms with Crippen LogP contribution in [0.25, 0.3) is 22.4 Å². The highest BCUT2D eigenvalue weighted by Gasteiger charge is 2.19. The maximum Gasteiger partial charge on any atom is 0.267 e. The second kappa shape index (κ2) is 9.04. The highest BCUT2D eigenvalue weighted by Crippen LogP contribution is 2.32. The molecular weight excluding hydrogens is 478 g/mol. The van der Waals surface area contributed by atoms with Gasteiger partial charge in [0.15, 0.2) is 16.7 Å². The number of nitrogens with one attached hydrogen (secondary N) is 1. The minimum atomic E-state index is -0.169. The Morgan fingerprint density at radius 2 is 1.83 bits per heavy atom. The number of hydrogen-bond donors (Lipinski definition) is 1. The van der Waals surface area contributed by atoms with Gasteiger partial charge in [-0.05, 0) is 48.4 Å². The lowest BCUT2D eigenvalue weighted by molar-refractivity contribution is -0.118. The number of carbonyl (C=O) groups is 1.